The van der Waals surface area contributed by atoms with E-state index in [2.05, 4.69) is 10.3 Å². The SMILES string of the molecule is O=C(CN1CCCCCC1=O)Nc1cccc(Oc2ccncc2)c1. The van der Waals surface area contributed by atoms with Crippen molar-refractivity contribution >= 4 is 17.5 Å². The van der Waals surface area contributed by atoms with Crippen LogP contribution in [-0.2, 0) is 9.59 Å². The summed E-state index contributed by atoms with van der Waals surface area (Å²) in [6.45, 7) is 0.742. The highest BCUT2D eigenvalue weighted by Crippen LogP contribution is 2.23. The van der Waals surface area contributed by atoms with E-state index in [-0.39, 0.29) is 18.4 Å². The molecule has 2 aromatic rings. The number of pyridine rings is 1. The van der Waals surface area contributed by atoms with Crippen molar-refractivity contribution in [2.75, 3.05) is 18.4 Å². The number of anilines is 1. The number of aromatic nitrogens is 1. The van der Waals surface area contributed by atoms with Gasteiger partial charge in [-0.3, -0.25) is 14.6 Å². The van der Waals surface area contributed by atoms with Gasteiger partial charge < -0.3 is 15.0 Å². The Bertz CT molecular complexity index is 734. The van der Waals surface area contributed by atoms with E-state index < -0.39 is 0 Å². The lowest BCUT2D eigenvalue weighted by Crippen LogP contribution is -2.37. The topological polar surface area (TPSA) is 71.5 Å². The number of hydrogen-bond acceptors (Lipinski definition) is 4. The van der Waals surface area contributed by atoms with Crippen LogP contribution in [0.15, 0.2) is 48.8 Å². The lowest BCUT2D eigenvalue weighted by Gasteiger charge is -2.19. The summed E-state index contributed by atoms with van der Waals surface area (Å²) in [5.74, 6) is 1.15. The van der Waals surface area contributed by atoms with Gasteiger partial charge in [0.2, 0.25) is 11.8 Å². The van der Waals surface area contributed by atoms with Crippen molar-refractivity contribution in [2.24, 2.45) is 0 Å². The van der Waals surface area contributed by atoms with E-state index in [1.54, 1.807) is 41.6 Å². The van der Waals surface area contributed by atoms with Gasteiger partial charge in [0.25, 0.3) is 0 Å². The summed E-state index contributed by atoms with van der Waals surface area (Å²) in [5, 5.41) is 2.83. The Morgan fingerprint density at radius 2 is 1.96 bits per heavy atom. The van der Waals surface area contributed by atoms with E-state index in [4.69, 9.17) is 4.74 Å². The summed E-state index contributed by atoms with van der Waals surface area (Å²) in [6.07, 6.45) is 6.73. The number of nitrogens with one attached hydrogen (secondary N) is 1. The van der Waals surface area contributed by atoms with Crippen molar-refractivity contribution in [3.63, 3.8) is 0 Å². The van der Waals surface area contributed by atoms with Crippen LogP contribution in [0.5, 0.6) is 11.5 Å². The first-order chi connectivity index (χ1) is 12.2. The number of carbonyl (C=O) groups is 2. The average Bonchev–Trinajstić information content (AvgIpc) is 2.81. The van der Waals surface area contributed by atoms with Crippen LogP contribution in [0.3, 0.4) is 0 Å². The third-order valence-corrected chi connectivity index (χ3v) is 4.01. The number of hydrogen-bond donors (Lipinski definition) is 1. The summed E-state index contributed by atoms with van der Waals surface area (Å²) in [5.41, 5.74) is 0.638. The second-order valence-corrected chi connectivity index (χ2v) is 5.99. The standard InChI is InChI=1S/C19H21N3O3/c23-18(14-22-12-3-1-2-7-19(22)24)21-15-5-4-6-17(13-15)25-16-8-10-20-11-9-16/h4-6,8-11,13H,1-3,7,12,14H2,(H,21,23). The maximum absolute atomic E-state index is 12.3. The Morgan fingerprint density at radius 1 is 1.12 bits per heavy atom. The molecule has 1 aromatic carbocycles. The molecule has 1 saturated heterocycles. The highest BCUT2D eigenvalue weighted by Gasteiger charge is 2.19. The summed E-state index contributed by atoms with van der Waals surface area (Å²) in [6, 6.07) is 10.7. The Hall–Kier alpha value is -2.89. The number of carbonyl (C=O) groups excluding carboxylic acids is 2. The number of nitrogens with zero attached hydrogens (tertiary/aromatic N) is 2. The van der Waals surface area contributed by atoms with E-state index in [0.717, 1.165) is 19.3 Å². The number of ether oxygens (including phenoxy) is 1. The first-order valence-electron chi connectivity index (χ1n) is 8.46. The summed E-state index contributed by atoms with van der Waals surface area (Å²) < 4.78 is 5.73. The second-order valence-electron chi connectivity index (χ2n) is 5.99. The maximum atomic E-state index is 12.3. The summed E-state index contributed by atoms with van der Waals surface area (Å²) in [4.78, 5) is 29.8. The van der Waals surface area contributed by atoms with Crippen molar-refractivity contribution in [1.82, 2.24) is 9.88 Å². The van der Waals surface area contributed by atoms with Gasteiger partial charge in [-0.15, -0.1) is 0 Å². The molecular formula is C19H21N3O3. The zero-order valence-corrected chi connectivity index (χ0v) is 14.0. The molecule has 0 spiro atoms. The van der Waals surface area contributed by atoms with Crippen LogP contribution in [0.4, 0.5) is 5.69 Å². The van der Waals surface area contributed by atoms with Gasteiger partial charge in [-0.05, 0) is 37.1 Å². The van der Waals surface area contributed by atoms with E-state index in [0.29, 0.717) is 30.2 Å². The average molecular weight is 339 g/mol. The number of amides is 2. The van der Waals surface area contributed by atoms with Crippen molar-refractivity contribution in [3.05, 3.63) is 48.8 Å². The Labute approximate surface area is 146 Å². The lowest BCUT2D eigenvalue weighted by atomic mass is 10.2. The van der Waals surface area contributed by atoms with Crippen LogP contribution in [0.25, 0.3) is 0 Å². The molecule has 1 aliphatic rings. The summed E-state index contributed by atoms with van der Waals surface area (Å²) in [7, 11) is 0. The molecule has 130 valence electrons. The molecule has 2 heterocycles. The fourth-order valence-corrected chi connectivity index (χ4v) is 2.76. The molecule has 0 bridgehead atoms. The van der Waals surface area contributed by atoms with Gasteiger partial charge in [-0.25, -0.2) is 0 Å². The fourth-order valence-electron chi connectivity index (χ4n) is 2.76. The molecule has 1 aliphatic heterocycles. The van der Waals surface area contributed by atoms with Gasteiger partial charge >= 0.3 is 0 Å². The fraction of sp³-hybridized carbons (Fsp3) is 0.316. The number of benzene rings is 1. The van der Waals surface area contributed by atoms with Crippen LogP contribution in [0.2, 0.25) is 0 Å². The quantitative estimate of drug-likeness (QED) is 0.908. The van der Waals surface area contributed by atoms with Crippen molar-refractivity contribution < 1.29 is 14.3 Å². The predicted molar refractivity (Wildman–Crippen MR) is 94.4 cm³/mol. The van der Waals surface area contributed by atoms with E-state index in [1.807, 2.05) is 12.1 Å². The minimum absolute atomic E-state index is 0.0578. The molecule has 0 saturated carbocycles. The molecule has 0 radical (unpaired) electrons. The molecule has 1 N–H and O–H groups in total. The van der Waals surface area contributed by atoms with E-state index in [1.165, 1.54) is 0 Å². The summed E-state index contributed by atoms with van der Waals surface area (Å²) >= 11 is 0. The van der Waals surface area contributed by atoms with E-state index in [9.17, 15) is 9.59 Å². The first kappa shape index (κ1) is 17.0. The minimum atomic E-state index is -0.198. The molecule has 0 aliphatic carbocycles. The Kier molecular flexibility index (Phi) is 5.61. The highest BCUT2D eigenvalue weighted by atomic mass is 16.5. The number of likely N-dealkylation sites (tertiary alicyclic amines) is 1. The second kappa shape index (κ2) is 8.28. The van der Waals surface area contributed by atoms with Crippen LogP contribution in [0, 0.1) is 0 Å². The van der Waals surface area contributed by atoms with Gasteiger partial charge in [-0.1, -0.05) is 12.5 Å². The van der Waals surface area contributed by atoms with Gasteiger partial charge in [-0.2, -0.15) is 0 Å². The zero-order valence-electron chi connectivity index (χ0n) is 14.0. The molecule has 0 atom stereocenters. The molecule has 6 heteroatoms. The minimum Gasteiger partial charge on any atom is -0.457 e. The van der Waals surface area contributed by atoms with Crippen molar-refractivity contribution in [2.45, 2.75) is 25.7 Å². The molecule has 25 heavy (non-hydrogen) atoms. The third kappa shape index (κ3) is 5.04. The van der Waals surface area contributed by atoms with Gasteiger partial charge in [0.1, 0.15) is 11.5 Å². The third-order valence-electron chi connectivity index (χ3n) is 4.01. The highest BCUT2D eigenvalue weighted by molar-refractivity contribution is 5.94. The molecule has 1 fully saturated rings. The normalized spacial score (nSPS) is 14.7. The van der Waals surface area contributed by atoms with Crippen LogP contribution in [0.1, 0.15) is 25.7 Å². The largest absolute Gasteiger partial charge is 0.457 e. The van der Waals surface area contributed by atoms with Gasteiger partial charge in [0, 0.05) is 37.1 Å². The molecule has 2 amide bonds. The monoisotopic (exact) mass is 339 g/mol. The van der Waals surface area contributed by atoms with Gasteiger partial charge in [0.05, 0.1) is 6.54 Å². The molecule has 1 aromatic heterocycles. The predicted octanol–water partition coefficient (Wildman–Crippen LogP) is 3.22. The van der Waals surface area contributed by atoms with Crippen LogP contribution >= 0.6 is 0 Å². The van der Waals surface area contributed by atoms with Gasteiger partial charge in [0.15, 0.2) is 0 Å². The van der Waals surface area contributed by atoms with Crippen LogP contribution in [-0.4, -0.2) is 34.8 Å². The Morgan fingerprint density at radius 3 is 2.80 bits per heavy atom. The molecular weight excluding hydrogens is 318 g/mol. The smallest absolute Gasteiger partial charge is 0.243 e. The zero-order chi connectivity index (χ0) is 17.5. The molecule has 0 unspecified atom stereocenters. The molecule has 6 nitrogen and oxygen atoms in total. The van der Waals surface area contributed by atoms with E-state index >= 15 is 0 Å². The number of rotatable bonds is 5. The van der Waals surface area contributed by atoms with Crippen LogP contribution < -0.4 is 10.1 Å². The first-order valence-corrected chi connectivity index (χ1v) is 8.46. The molecule has 3 rings (SSSR count). The lowest BCUT2D eigenvalue weighted by molar-refractivity contribution is -0.134. The van der Waals surface area contributed by atoms with Crippen molar-refractivity contribution in [1.29, 1.82) is 0 Å². The van der Waals surface area contributed by atoms with Crippen molar-refractivity contribution in [3.8, 4) is 11.5 Å². The maximum Gasteiger partial charge on any atom is 0.243 e. The Balaban J connectivity index is 1.59.